The Morgan fingerprint density at radius 3 is 2.62 bits per heavy atom. The predicted octanol–water partition coefficient (Wildman–Crippen LogP) is 2.76. The van der Waals surface area contributed by atoms with E-state index in [2.05, 4.69) is 12.1 Å². The van der Waals surface area contributed by atoms with Gasteiger partial charge in [-0.15, -0.1) is 11.8 Å². The monoisotopic (exact) mass is 192 g/mol. The molecule has 1 aromatic carbocycles. The molecule has 2 atom stereocenters. The molecule has 1 aromatic rings. The van der Waals surface area contributed by atoms with Gasteiger partial charge in [-0.05, 0) is 25.5 Å². The number of ketones is 1. The highest BCUT2D eigenvalue weighted by Gasteiger charge is 2.41. The Balaban J connectivity index is 1.92. The number of Topliss-reactive ketones (excluding diaryl/α,β-unsaturated/α-hetero) is 1. The fraction of sp³-hybridized carbons (Fsp3) is 0.364. The second-order valence-electron chi connectivity index (χ2n) is 3.42. The van der Waals surface area contributed by atoms with Gasteiger partial charge in [-0.3, -0.25) is 4.79 Å². The lowest BCUT2D eigenvalue weighted by Gasteiger charge is -1.97. The zero-order valence-corrected chi connectivity index (χ0v) is 8.38. The molecular weight excluding hydrogens is 180 g/mol. The van der Waals surface area contributed by atoms with Crippen LogP contribution in [0.4, 0.5) is 0 Å². The summed E-state index contributed by atoms with van der Waals surface area (Å²) < 4.78 is 0. The van der Waals surface area contributed by atoms with E-state index in [1.807, 2.05) is 30.0 Å². The van der Waals surface area contributed by atoms with Gasteiger partial charge >= 0.3 is 0 Å². The Morgan fingerprint density at radius 2 is 2.08 bits per heavy atom. The summed E-state index contributed by atoms with van der Waals surface area (Å²) in [5, 5.41) is 0.542. The number of hydrogen-bond donors (Lipinski definition) is 0. The third kappa shape index (κ3) is 2.13. The van der Waals surface area contributed by atoms with Crippen molar-refractivity contribution < 1.29 is 4.79 Å². The van der Waals surface area contributed by atoms with E-state index in [0.29, 0.717) is 17.0 Å². The molecule has 0 aliphatic heterocycles. The van der Waals surface area contributed by atoms with Crippen molar-refractivity contribution in [1.29, 1.82) is 0 Å². The zero-order chi connectivity index (χ0) is 9.26. The number of thioether (sulfide) groups is 1. The molecule has 1 nitrogen and oxygen atoms in total. The van der Waals surface area contributed by atoms with Crippen LogP contribution in [0.25, 0.3) is 0 Å². The van der Waals surface area contributed by atoms with Crippen LogP contribution in [0.5, 0.6) is 0 Å². The van der Waals surface area contributed by atoms with Gasteiger partial charge in [-0.2, -0.15) is 0 Å². The first-order valence-corrected chi connectivity index (χ1v) is 5.37. The van der Waals surface area contributed by atoms with E-state index in [9.17, 15) is 4.79 Å². The summed E-state index contributed by atoms with van der Waals surface area (Å²) in [6.07, 6.45) is 1.06. The number of carbonyl (C=O) groups is 1. The smallest absolute Gasteiger partial charge is 0.134 e. The zero-order valence-electron chi connectivity index (χ0n) is 7.57. The van der Waals surface area contributed by atoms with Crippen LogP contribution in [0.3, 0.4) is 0 Å². The van der Waals surface area contributed by atoms with Crippen LogP contribution in [0.1, 0.15) is 13.3 Å². The van der Waals surface area contributed by atoms with E-state index in [1.54, 1.807) is 6.92 Å². The maximum Gasteiger partial charge on any atom is 0.134 e. The average molecular weight is 192 g/mol. The van der Waals surface area contributed by atoms with Gasteiger partial charge in [0.2, 0.25) is 0 Å². The van der Waals surface area contributed by atoms with Crippen LogP contribution in [-0.4, -0.2) is 11.0 Å². The second kappa shape index (κ2) is 3.54. The van der Waals surface area contributed by atoms with Gasteiger partial charge in [-0.25, -0.2) is 0 Å². The first-order valence-electron chi connectivity index (χ1n) is 4.49. The van der Waals surface area contributed by atoms with Crippen LogP contribution in [-0.2, 0) is 4.79 Å². The van der Waals surface area contributed by atoms with Crippen LogP contribution >= 0.6 is 11.8 Å². The largest absolute Gasteiger partial charge is 0.300 e. The van der Waals surface area contributed by atoms with Crippen molar-refractivity contribution in [2.24, 2.45) is 5.92 Å². The third-order valence-electron chi connectivity index (χ3n) is 2.28. The highest BCUT2D eigenvalue weighted by Crippen LogP contribution is 2.45. The fourth-order valence-electron chi connectivity index (χ4n) is 1.40. The minimum atomic E-state index is 0.324. The van der Waals surface area contributed by atoms with Crippen molar-refractivity contribution in [3.63, 3.8) is 0 Å². The maximum absolute atomic E-state index is 11.0. The van der Waals surface area contributed by atoms with Gasteiger partial charge < -0.3 is 0 Å². The van der Waals surface area contributed by atoms with Crippen molar-refractivity contribution in [1.82, 2.24) is 0 Å². The molecule has 2 heteroatoms. The first-order chi connectivity index (χ1) is 6.27. The molecule has 1 aliphatic rings. The molecule has 1 aliphatic carbocycles. The summed E-state index contributed by atoms with van der Waals surface area (Å²) in [6.45, 7) is 1.69. The molecule has 1 fully saturated rings. The molecule has 0 aromatic heterocycles. The highest BCUT2D eigenvalue weighted by atomic mass is 32.2. The molecule has 0 heterocycles. The van der Waals surface area contributed by atoms with Crippen molar-refractivity contribution >= 4 is 17.5 Å². The Kier molecular flexibility index (Phi) is 2.40. The van der Waals surface area contributed by atoms with Gasteiger partial charge in [0.05, 0.1) is 0 Å². The molecule has 68 valence electrons. The molecule has 0 radical (unpaired) electrons. The lowest BCUT2D eigenvalue weighted by atomic mass is 10.3. The topological polar surface area (TPSA) is 17.1 Å². The normalized spacial score (nSPS) is 25.6. The molecule has 13 heavy (non-hydrogen) atoms. The summed E-state index contributed by atoms with van der Waals surface area (Å²) in [7, 11) is 0. The second-order valence-corrected chi connectivity index (χ2v) is 4.73. The fourth-order valence-corrected chi connectivity index (χ4v) is 2.73. The molecule has 0 unspecified atom stereocenters. The van der Waals surface area contributed by atoms with E-state index in [1.165, 1.54) is 4.90 Å². The quantitative estimate of drug-likeness (QED) is 0.732. The third-order valence-corrected chi connectivity index (χ3v) is 3.65. The Labute approximate surface area is 82.5 Å². The lowest BCUT2D eigenvalue weighted by Crippen LogP contribution is -1.95. The standard InChI is InChI=1S/C11H12OS/c1-8(12)10-7-11(10)13-9-5-3-2-4-6-9/h2-6,10-11H,7H2,1H3/t10-,11+/m1/s1. The summed E-state index contributed by atoms with van der Waals surface area (Å²) in [4.78, 5) is 12.3. The highest BCUT2D eigenvalue weighted by molar-refractivity contribution is 8.00. The van der Waals surface area contributed by atoms with E-state index >= 15 is 0 Å². The first kappa shape index (κ1) is 8.82. The molecule has 0 bridgehead atoms. The lowest BCUT2D eigenvalue weighted by molar-refractivity contribution is -0.118. The Bertz CT molecular complexity index is 307. The minimum absolute atomic E-state index is 0.324. The molecular formula is C11H12OS. The van der Waals surface area contributed by atoms with Gasteiger partial charge in [0.25, 0.3) is 0 Å². The molecule has 1 saturated carbocycles. The Morgan fingerprint density at radius 1 is 1.38 bits per heavy atom. The number of benzene rings is 1. The van der Waals surface area contributed by atoms with Gasteiger partial charge in [0.1, 0.15) is 5.78 Å². The predicted molar refractivity (Wildman–Crippen MR) is 54.9 cm³/mol. The number of rotatable bonds is 3. The molecule has 0 N–H and O–H groups in total. The van der Waals surface area contributed by atoms with Crippen LogP contribution in [0.2, 0.25) is 0 Å². The van der Waals surface area contributed by atoms with Crippen LogP contribution in [0, 0.1) is 5.92 Å². The van der Waals surface area contributed by atoms with E-state index in [4.69, 9.17) is 0 Å². The van der Waals surface area contributed by atoms with Crippen molar-refractivity contribution in [3.05, 3.63) is 30.3 Å². The molecule has 0 amide bonds. The van der Waals surface area contributed by atoms with Crippen LogP contribution < -0.4 is 0 Å². The summed E-state index contributed by atoms with van der Waals surface area (Å²) in [5.74, 6) is 0.665. The van der Waals surface area contributed by atoms with Crippen molar-refractivity contribution in [2.75, 3.05) is 0 Å². The van der Waals surface area contributed by atoms with E-state index in [-0.39, 0.29) is 0 Å². The van der Waals surface area contributed by atoms with E-state index < -0.39 is 0 Å². The number of hydrogen-bond acceptors (Lipinski definition) is 2. The van der Waals surface area contributed by atoms with Gasteiger partial charge in [0.15, 0.2) is 0 Å². The Hall–Kier alpha value is -0.760. The summed E-state index contributed by atoms with van der Waals surface area (Å²) in [6, 6.07) is 10.3. The van der Waals surface area contributed by atoms with Gasteiger partial charge in [0, 0.05) is 16.1 Å². The molecule has 0 spiro atoms. The van der Waals surface area contributed by atoms with Crippen molar-refractivity contribution in [2.45, 2.75) is 23.5 Å². The molecule has 2 rings (SSSR count). The van der Waals surface area contributed by atoms with Gasteiger partial charge in [-0.1, -0.05) is 18.2 Å². The molecule has 0 saturated heterocycles. The van der Waals surface area contributed by atoms with Crippen LogP contribution in [0.15, 0.2) is 35.2 Å². The average Bonchev–Trinajstić information content (AvgIpc) is 2.86. The maximum atomic E-state index is 11.0. The van der Waals surface area contributed by atoms with Crippen molar-refractivity contribution in [3.8, 4) is 0 Å². The summed E-state index contributed by atoms with van der Waals surface area (Å²) in [5.41, 5.74) is 0. The minimum Gasteiger partial charge on any atom is -0.300 e. The van der Waals surface area contributed by atoms with E-state index in [0.717, 1.165) is 6.42 Å². The SMILES string of the molecule is CC(=O)[C@H]1C[C@@H]1Sc1ccccc1. The number of carbonyl (C=O) groups excluding carboxylic acids is 1. The summed E-state index contributed by atoms with van der Waals surface area (Å²) >= 11 is 1.83.